The minimum atomic E-state index is -2.73. The van der Waals surface area contributed by atoms with E-state index in [4.69, 9.17) is 35.4 Å². The van der Waals surface area contributed by atoms with Crippen molar-refractivity contribution in [1.29, 1.82) is 0 Å². The molecule has 0 aliphatic heterocycles. The van der Waals surface area contributed by atoms with Crippen LogP contribution in [0, 0.1) is 0 Å². The van der Waals surface area contributed by atoms with E-state index in [2.05, 4.69) is 14.9 Å². The highest BCUT2D eigenvalue weighted by atomic mass is 35.5. The van der Waals surface area contributed by atoms with Gasteiger partial charge in [0.25, 0.3) is 6.43 Å². The normalized spacial score (nSPS) is 10.8. The second-order valence-electron chi connectivity index (χ2n) is 3.37. The van der Waals surface area contributed by atoms with E-state index in [9.17, 15) is 8.78 Å². The maximum atomic E-state index is 12.7. The molecule has 0 aliphatic rings. The Hall–Kier alpha value is -0.890. The molecule has 0 saturated carbocycles. The van der Waals surface area contributed by atoms with Gasteiger partial charge in [0.1, 0.15) is 9.87 Å². The second kappa shape index (κ2) is 6.04. The highest BCUT2D eigenvalue weighted by Gasteiger charge is 2.21. The topological polar surface area (TPSA) is 37.8 Å². The Balaban J connectivity index is 2.23. The van der Waals surface area contributed by atoms with Crippen LogP contribution in [0.15, 0.2) is 18.2 Å². The number of rotatable bonds is 3. The van der Waals surface area contributed by atoms with Crippen LogP contribution in [-0.4, -0.2) is 14.6 Å². The van der Waals surface area contributed by atoms with Crippen molar-refractivity contribution in [2.75, 3.05) is 5.32 Å². The molecule has 1 N–H and O–H groups in total. The lowest BCUT2D eigenvalue weighted by Crippen LogP contribution is -2.11. The van der Waals surface area contributed by atoms with Crippen molar-refractivity contribution in [3.8, 4) is 0 Å². The number of hydrogen-bond acceptors (Lipinski definition) is 4. The first-order valence-corrected chi connectivity index (χ1v) is 6.79. The Morgan fingerprint density at radius 1 is 1.37 bits per heavy atom. The number of nitrogens with one attached hydrogen (secondary N) is 1. The van der Waals surface area contributed by atoms with Gasteiger partial charge in [-0.3, -0.25) is 0 Å². The Bertz CT molecular complexity index is 619. The van der Waals surface area contributed by atoms with Crippen molar-refractivity contribution in [3.63, 3.8) is 0 Å². The first-order chi connectivity index (χ1) is 8.99. The summed E-state index contributed by atoms with van der Waals surface area (Å²) in [6, 6.07) is 4.73. The molecule has 1 aromatic carbocycles. The van der Waals surface area contributed by atoms with Crippen LogP contribution in [0.1, 0.15) is 17.0 Å². The van der Waals surface area contributed by atoms with Gasteiger partial charge in [-0.2, -0.15) is 0 Å². The van der Waals surface area contributed by atoms with Crippen molar-refractivity contribution in [2.24, 2.45) is 0 Å². The van der Waals surface area contributed by atoms with Crippen LogP contribution in [0.2, 0.25) is 10.0 Å². The summed E-state index contributed by atoms with van der Waals surface area (Å²) in [6.07, 6.45) is -2.73. The first kappa shape index (κ1) is 14.5. The lowest BCUT2D eigenvalue weighted by molar-refractivity contribution is 0.146. The Morgan fingerprint density at radius 2 is 2.11 bits per heavy atom. The van der Waals surface area contributed by atoms with Crippen LogP contribution >= 0.6 is 47.0 Å². The van der Waals surface area contributed by atoms with E-state index in [0.29, 0.717) is 15.7 Å². The van der Waals surface area contributed by atoms with E-state index in [0.717, 1.165) is 11.5 Å². The number of halogens is 4. The van der Waals surface area contributed by atoms with Crippen molar-refractivity contribution < 1.29 is 8.78 Å². The van der Waals surface area contributed by atoms with Gasteiger partial charge >= 0.3 is 0 Å². The smallest absolute Gasteiger partial charge is 0.283 e. The van der Waals surface area contributed by atoms with Gasteiger partial charge in [-0.05, 0) is 29.7 Å². The van der Waals surface area contributed by atoms with Gasteiger partial charge in [-0.15, -0.1) is 5.10 Å². The average Bonchev–Trinajstić information content (AvgIpc) is 2.82. The summed E-state index contributed by atoms with van der Waals surface area (Å²) in [5.41, 5.74) is 0.0391. The summed E-state index contributed by atoms with van der Waals surface area (Å²) in [5.74, 6) is 0. The third kappa shape index (κ3) is 3.36. The summed E-state index contributed by atoms with van der Waals surface area (Å²) < 4.78 is 28.8. The fourth-order valence-electron chi connectivity index (χ4n) is 1.27. The molecule has 1 aromatic heterocycles. The quantitative estimate of drug-likeness (QED) is 0.831. The monoisotopic (exact) mass is 339 g/mol. The molecule has 100 valence electrons. The fraction of sp³-hybridized carbons (Fsp3) is 0.100. The number of hydrogen-bond donors (Lipinski definition) is 1. The van der Waals surface area contributed by atoms with Crippen LogP contribution in [0.25, 0.3) is 0 Å². The number of aromatic nitrogens is 2. The van der Waals surface area contributed by atoms with Crippen LogP contribution in [0.3, 0.4) is 0 Å². The highest BCUT2D eigenvalue weighted by molar-refractivity contribution is 7.81. The lowest BCUT2D eigenvalue weighted by Gasteiger charge is -2.09. The molecule has 0 radical (unpaired) electrons. The third-order valence-corrected chi connectivity index (χ3v) is 3.85. The largest absolute Gasteiger partial charge is 0.344 e. The van der Waals surface area contributed by atoms with E-state index < -0.39 is 12.1 Å². The fourth-order valence-corrected chi connectivity index (χ4v) is 2.62. The van der Waals surface area contributed by atoms with E-state index in [1.54, 1.807) is 12.1 Å². The van der Waals surface area contributed by atoms with Gasteiger partial charge in [0, 0.05) is 5.02 Å². The van der Waals surface area contributed by atoms with Crippen molar-refractivity contribution in [3.05, 3.63) is 38.8 Å². The highest BCUT2D eigenvalue weighted by Crippen LogP contribution is 2.28. The van der Waals surface area contributed by atoms with Crippen molar-refractivity contribution in [2.45, 2.75) is 6.43 Å². The molecule has 9 heteroatoms. The van der Waals surface area contributed by atoms with E-state index >= 15 is 0 Å². The molecule has 2 rings (SSSR count). The van der Waals surface area contributed by atoms with Gasteiger partial charge in [-0.25, -0.2) is 8.78 Å². The number of anilines is 1. The molecule has 0 aliphatic carbocycles. The van der Waals surface area contributed by atoms with Gasteiger partial charge in [0.15, 0.2) is 5.69 Å². The zero-order valence-electron chi connectivity index (χ0n) is 9.03. The molecule has 19 heavy (non-hydrogen) atoms. The summed E-state index contributed by atoms with van der Waals surface area (Å²) in [7, 11) is 0. The molecule has 3 nitrogen and oxygen atoms in total. The number of nitrogens with zero attached hydrogens (tertiary/aromatic N) is 2. The van der Waals surface area contributed by atoms with Crippen molar-refractivity contribution in [1.82, 2.24) is 9.59 Å². The Morgan fingerprint density at radius 3 is 2.74 bits per heavy atom. The van der Waals surface area contributed by atoms with E-state index in [1.165, 1.54) is 6.07 Å². The number of thiocarbonyl (C=S) groups is 1. The maximum Gasteiger partial charge on any atom is 0.283 e. The molecule has 0 atom stereocenters. The maximum absolute atomic E-state index is 12.7. The SMILES string of the molecule is FC(F)c1nnsc1C(=S)Nc1ccc(Cl)cc1Cl. The van der Waals surface area contributed by atoms with E-state index in [1.807, 2.05) is 0 Å². The standard InChI is InChI=1S/C10H5Cl2F2N3S2/c11-4-1-2-6(5(12)3-4)15-10(18)8-7(9(13)14)16-17-19-8/h1-3,9H,(H,15,18). The van der Waals surface area contributed by atoms with Gasteiger partial charge < -0.3 is 5.32 Å². The Labute approximate surface area is 126 Å². The van der Waals surface area contributed by atoms with Gasteiger partial charge in [0.05, 0.1) is 10.7 Å². The molecule has 0 unspecified atom stereocenters. The van der Waals surface area contributed by atoms with E-state index in [-0.39, 0.29) is 9.87 Å². The van der Waals surface area contributed by atoms with Crippen LogP contribution < -0.4 is 5.32 Å². The molecular formula is C10H5Cl2F2N3S2. The average molecular weight is 340 g/mol. The second-order valence-corrected chi connectivity index (χ2v) is 5.37. The predicted molar refractivity (Wildman–Crippen MR) is 76.7 cm³/mol. The molecular weight excluding hydrogens is 335 g/mol. The first-order valence-electron chi connectivity index (χ1n) is 4.86. The molecule has 2 aromatic rings. The molecule has 0 spiro atoms. The molecule has 1 heterocycles. The minimum Gasteiger partial charge on any atom is -0.344 e. The molecule has 0 bridgehead atoms. The summed E-state index contributed by atoms with van der Waals surface area (Å²) in [4.78, 5) is 0.213. The summed E-state index contributed by atoms with van der Waals surface area (Å²) in [6.45, 7) is 0. The zero-order valence-corrected chi connectivity index (χ0v) is 12.2. The van der Waals surface area contributed by atoms with Gasteiger partial charge in [0.2, 0.25) is 0 Å². The zero-order chi connectivity index (χ0) is 14.0. The predicted octanol–water partition coefficient (Wildman–Crippen LogP) is 4.57. The van der Waals surface area contributed by atoms with Crippen LogP contribution in [0.5, 0.6) is 0 Å². The number of benzene rings is 1. The third-order valence-electron chi connectivity index (χ3n) is 2.11. The summed E-state index contributed by atoms with van der Waals surface area (Å²) in [5, 5.41) is 6.93. The van der Waals surface area contributed by atoms with Crippen LogP contribution in [-0.2, 0) is 0 Å². The lowest BCUT2D eigenvalue weighted by atomic mass is 10.3. The molecule has 0 amide bonds. The molecule has 0 fully saturated rings. The van der Waals surface area contributed by atoms with Crippen LogP contribution in [0.4, 0.5) is 14.5 Å². The number of alkyl halides is 2. The van der Waals surface area contributed by atoms with Gasteiger partial charge in [-0.1, -0.05) is 39.9 Å². The minimum absolute atomic E-state index is 0.0922. The Kier molecular flexibility index (Phi) is 4.62. The molecule has 0 saturated heterocycles. The van der Waals surface area contributed by atoms with Crippen molar-refractivity contribution >= 4 is 57.6 Å². The summed E-state index contributed by atoms with van der Waals surface area (Å²) >= 11 is 17.6.